The van der Waals surface area contributed by atoms with E-state index in [0.29, 0.717) is 5.92 Å². The van der Waals surface area contributed by atoms with Crippen LogP contribution in [0.1, 0.15) is 72.9 Å². The van der Waals surface area contributed by atoms with Crippen molar-refractivity contribution in [1.29, 1.82) is 0 Å². The molecule has 154 valence electrons. The van der Waals surface area contributed by atoms with Gasteiger partial charge in [-0.2, -0.15) is 0 Å². The Morgan fingerprint density at radius 1 is 0.929 bits per heavy atom. The Labute approximate surface area is 177 Å². The molecule has 0 heterocycles. The minimum Gasteiger partial charge on any atom is -0.491 e. The van der Waals surface area contributed by atoms with Gasteiger partial charge >= 0.3 is 0 Å². The van der Waals surface area contributed by atoms with Crippen molar-refractivity contribution >= 4 is 24.0 Å². The number of benzene rings is 2. The van der Waals surface area contributed by atoms with Crippen LogP contribution in [0.15, 0.2) is 41.3 Å². The molecule has 0 aromatic heterocycles. The molecule has 0 aliphatic rings. The van der Waals surface area contributed by atoms with E-state index in [1.54, 1.807) is 0 Å². The third kappa shape index (κ3) is 5.94. The summed E-state index contributed by atoms with van der Waals surface area (Å²) in [5, 5.41) is 3.60. The lowest BCUT2D eigenvalue weighted by Gasteiger charge is -2.28. The standard InChI is InChI=1S/C25H37NOS/c1-17(2)13-14-27-22-12-10-9-11-20(22)26-21-16-18(24(3,4)5)15-19(23(21)28)25(6,7)8/h9-12,15-17,26,28H,13-14H2,1-8H3. The molecule has 3 heteroatoms. The van der Waals surface area contributed by atoms with Crippen molar-refractivity contribution in [3.63, 3.8) is 0 Å². The lowest BCUT2D eigenvalue weighted by Crippen LogP contribution is -2.18. The molecule has 0 aliphatic carbocycles. The van der Waals surface area contributed by atoms with Gasteiger partial charge in [0.2, 0.25) is 0 Å². The van der Waals surface area contributed by atoms with Gasteiger partial charge in [-0.25, -0.2) is 0 Å². The van der Waals surface area contributed by atoms with Crippen LogP contribution in [0, 0.1) is 5.92 Å². The van der Waals surface area contributed by atoms with Crippen LogP contribution >= 0.6 is 12.6 Å². The van der Waals surface area contributed by atoms with E-state index in [-0.39, 0.29) is 10.8 Å². The molecule has 2 nitrogen and oxygen atoms in total. The van der Waals surface area contributed by atoms with Gasteiger partial charge in [-0.15, -0.1) is 12.6 Å². The maximum absolute atomic E-state index is 6.07. The fourth-order valence-electron chi connectivity index (χ4n) is 2.98. The summed E-state index contributed by atoms with van der Waals surface area (Å²) in [5.41, 5.74) is 4.64. The van der Waals surface area contributed by atoms with Gasteiger partial charge in [0, 0.05) is 4.90 Å². The van der Waals surface area contributed by atoms with Crippen molar-refractivity contribution in [3.05, 3.63) is 47.5 Å². The van der Waals surface area contributed by atoms with Crippen molar-refractivity contribution in [3.8, 4) is 5.75 Å². The van der Waals surface area contributed by atoms with Crippen LogP contribution in [0.2, 0.25) is 0 Å². The van der Waals surface area contributed by atoms with Gasteiger partial charge in [0.15, 0.2) is 0 Å². The molecule has 0 fully saturated rings. The number of anilines is 2. The Morgan fingerprint density at radius 2 is 1.57 bits per heavy atom. The summed E-state index contributed by atoms with van der Waals surface area (Å²) >= 11 is 4.91. The van der Waals surface area contributed by atoms with Crippen molar-refractivity contribution < 1.29 is 4.74 Å². The number of ether oxygens (including phenoxy) is 1. The zero-order valence-corrected chi connectivity index (χ0v) is 19.7. The molecule has 2 aromatic rings. The summed E-state index contributed by atoms with van der Waals surface area (Å²) in [6.45, 7) is 18.6. The van der Waals surface area contributed by atoms with E-state index in [1.807, 2.05) is 18.2 Å². The van der Waals surface area contributed by atoms with Crippen LogP contribution in [0.5, 0.6) is 5.75 Å². The Kier molecular flexibility index (Phi) is 7.14. The first-order valence-electron chi connectivity index (χ1n) is 10.3. The highest BCUT2D eigenvalue weighted by molar-refractivity contribution is 7.80. The second kappa shape index (κ2) is 8.82. The second-order valence-corrected chi connectivity index (χ2v) is 10.5. The smallest absolute Gasteiger partial charge is 0.142 e. The van der Waals surface area contributed by atoms with Gasteiger partial charge in [0.05, 0.1) is 18.0 Å². The number of hydrogen-bond acceptors (Lipinski definition) is 3. The minimum atomic E-state index is 0.0159. The Hall–Kier alpha value is -1.61. The van der Waals surface area contributed by atoms with Gasteiger partial charge in [-0.1, -0.05) is 73.6 Å². The highest BCUT2D eigenvalue weighted by Gasteiger charge is 2.24. The van der Waals surface area contributed by atoms with E-state index < -0.39 is 0 Å². The zero-order valence-electron chi connectivity index (χ0n) is 18.8. The van der Waals surface area contributed by atoms with E-state index >= 15 is 0 Å². The van der Waals surface area contributed by atoms with Gasteiger partial charge in [0.25, 0.3) is 0 Å². The van der Waals surface area contributed by atoms with Crippen molar-refractivity contribution in [2.24, 2.45) is 5.92 Å². The maximum Gasteiger partial charge on any atom is 0.142 e. The first-order valence-corrected chi connectivity index (χ1v) is 10.7. The van der Waals surface area contributed by atoms with Crippen molar-refractivity contribution in [2.45, 2.75) is 77.5 Å². The third-order valence-corrected chi connectivity index (χ3v) is 5.37. The van der Waals surface area contributed by atoms with E-state index in [9.17, 15) is 0 Å². The van der Waals surface area contributed by atoms with E-state index in [0.717, 1.165) is 35.0 Å². The fourth-order valence-corrected chi connectivity index (χ4v) is 3.50. The molecule has 0 amide bonds. The van der Waals surface area contributed by atoms with Crippen molar-refractivity contribution in [2.75, 3.05) is 11.9 Å². The van der Waals surface area contributed by atoms with Crippen LogP contribution < -0.4 is 10.1 Å². The molecular weight excluding hydrogens is 362 g/mol. The summed E-state index contributed by atoms with van der Waals surface area (Å²) in [7, 11) is 0. The second-order valence-electron chi connectivity index (χ2n) is 10.1. The summed E-state index contributed by atoms with van der Waals surface area (Å²) in [5.74, 6) is 1.51. The fraction of sp³-hybridized carbons (Fsp3) is 0.520. The summed E-state index contributed by atoms with van der Waals surface area (Å²) < 4.78 is 6.07. The van der Waals surface area contributed by atoms with Crippen LogP contribution in [-0.4, -0.2) is 6.61 Å². The van der Waals surface area contributed by atoms with Gasteiger partial charge in [-0.3, -0.25) is 0 Å². The highest BCUT2D eigenvalue weighted by Crippen LogP contribution is 2.40. The molecule has 0 aliphatic heterocycles. The predicted octanol–water partition coefficient (Wildman–Crippen LogP) is 7.74. The van der Waals surface area contributed by atoms with Gasteiger partial charge in [-0.05, 0) is 52.5 Å². The predicted molar refractivity (Wildman–Crippen MR) is 126 cm³/mol. The first kappa shape index (κ1) is 22.7. The molecule has 2 aromatic carbocycles. The van der Waals surface area contributed by atoms with Gasteiger partial charge < -0.3 is 10.1 Å². The van der Waals surface area contributed by atoms with Crippen LogP contribution in [0.3, 0.4) is 0 Å². The Morgan fingerprint density at radius 3 is 2.14 bits per heavy atom. The Bertz CT molecular complexity index is 797. The zero-order chi connectivity index (χ0) is 21.1. The molecule has 0 atom stereocenters. The van der Waals surface area contributed by atoms with Crippen LogP contribution in [0.4, 0.5) is 11.4 Å². The van der Waals surface area contributed by atoms with E-state index in [1.165, 1.54) is 11.1 Å². The monoisotopic (exact) mass is 399 g/mol. The maximum atomic E-state index is 6.07. The quantitative estimate of drug-likeness (QED) is 0.485. The molecule has 0 unspecified atom stereocenters. The molecule has 0 spiro atoms. The largest absolute Gasteiger partial charge is 0.491 e. The van der Waals surface area contributed by atoms with Gasteiger partial charge in [0.1, 0.15) is 5.75 Å². The number of thiol groups is 1. The lowest BCUT2D eigenvalue weighted by atomic mass is 9.80. The van der Waals surface area contributed by atoms with E-state index in [4.69, 9.17) is 17.4 Å². The SMILES string of the molecule is CC(C)CCOc1ccccc1Nc1cc(C(C)(C)C)cc(C(C)(C)C)c1S. The first-order chi connectivity index (χ1) is 12.9. The van der Waals surface area contributed by atoms with E-state index in [2.05, 4.69) is 78.9 Å². The summed E-state index contributed by atoms with van der Waals surface area (Å²) in [4.78, 5) is 0.998. The number of hydrogen-bond donors (Lipinski definition) is 2. The molecule has 0 saturated heterocycles. The average Bonchev–Trinajstić information content (AvgIpc) is 2.55. The number of para-hydroxylation sites is 2. The lowest BCUT2D eigenvalue weighted by molar-refractivity contribution is 0.291. The molecule has 1 N–H and O–H groups in total. The molecule has 0 bridgehead atoms. The van der Waals surface area contributed by atoms with Crippen molar-refractivity contribution in [1.82, 2.24) is 0 Å². The Balaban J connectivity index is 2.44. The molecule has 2 rings (SSSR count). The third-order valence-electron chi connectivity index (χ3n) is 4.89. The number of nitrogens with one attached hydrogen (secondary N) is 1. The summed E-state index contributed by atoms with van der Waals surface area (Å²) in [6, 6.07) is 12.7. The van der Waals surface area contributed by atoms with Crippen LogP contribution in [0.25, 0.3) is 0 Å². The molecular formula is C25H37NOS. The molecule has 28 heavy (non-hydrogen) atoms. The van der Waals surface area contributed by atoms with Crippen LogP contribution in [-0.2, 0) is 10.8 Å². The topological polar surface area (TPSA) is 21.3 Å². The normalized spacial score (nSPS) is 12.4. The number of rotatable bonds is 6. The minimum absolute atomic E-state index is 0.0159. The molecule has 0 saturated carbocycles. The highest BCUT2D eigenvalue weighted by atomic mass is 32.1. The molecule has 0 radical (unpaired) electrons. The average molecular weight is 400 g/mol. The summed E-state index contributed by atoms with van der Waals surface area (Å²) in [6.07, 6.45) is 1.04.